The SMILES string of the molecule is CC1(C)CC[C@@H](NCCNS(=O)(=O)c2ccc([N+](=O)[O-])cc2)C1. The molecule has 1 fully saturated rings. The molecule has 0 bridgehead atoms. The molecule has 1 aliphatic carbocycles. The Morgan fingerprint density at radius 2 is 1.91 bits per heavy atom. The fourth-order valence-corrected chi connectivity index (χ4v) is 3.93. The van der Waals surface area contributed by atoms with Crippen LogP contribution in [0.5, 0.6) is 0 Å². The van der Waals surface area contributed by atoms with Gasteiger partial charge in [0, 0.05) is 31.3 Å². The van der Waals surface area contributed by atoms with Gasteiger partial charge in [-0.2, -0.15) is 0 Å². The van der Waals surface area contributed by atoms with Crippen LogP contribution >= 0.6 is 0 Å². The predicted octanol–water partition coefficient (Wildman–Crippen LogP) is 2.04. The summed E-state index contributed by atoms with van der Waals surface area (Å²) in [6.07, 6.45) is 3.39. The molecule has 1 aromatic carbocycles. The van der Waals surface area contributed by atoms with E-state index in [9.17, 15) is 18.5 Å². The van der Waals surface area contributed by atoms with E-state index >= 15 is 0 Å². The smallest absolute Gasteiger partial charge is 0.269 e. The van der Waals surface area contributed by atoms with Crippen LogP contribution in [0.1, 0.15) is 33.1 Å². The predicted molar refractivity (Wildman–Crippen MR) is 87.7 cm³/mol. The molecule has 0 heterocycles. The van der Waals surface area contributed by atoms with Crippen molar-refractivity contribution in [3.05, 3.63) is 34.4 Å². The second kappa shape index (κ2) is 6.94. The van der Waals surface area contributed by atoms with Gasteiger partial charge in [-0.05, 0) is 36.8 Å². The molecule has 1 aliphatic rings. The molecule has 0 spiro atoms. The Hall–Kier alpha value is -1.51. The normalized spacial score (nSPS) is 20.5. The maximum atomic E-state index is 12.1. The summed E-state index contributed by atoms with van der Waals surface area (Å²) in [5.74, 6) is 0. The molecular formula is C15H23N3O4S. The summed E-state index contributed by atoms with van der Waals surface area (Å²) >= 11 is 0. The molecule has 0 aromatic heterocycles. The summed E-state index contributed by atoms with van der Waals surface area (Å²) in [4.78, 5) is 10.1. The second-order valence-corrected chi connectivity index (χ2v) is 8.47. The molecular weight excluding hydrogens is 318 g/mol. The van der Waals surface area contributed by atoms with Crippen LogP contribution in [0.25, 0.3) is 0 Å². The molecule has 128 valence electrons. The highest BCUT2D eigenvalue weighted by Gasteiger charge is 2.30. The highest BCUT2D eigenvalue weighted by molar-refractivity contribution is 7.89. The molecule has 7 nitrogen and oxygen atoms in total. The molecule has 0 aliphatic heterocycles. The molecule has 23 heavy (non-hydrogen) atoms. The van der Waals surface area contributed by atoms with Crippen molar-refractivity contribution in [2.75, 3.05) is 13.1 Å². The molecule has 0 amide bonds. The van der Waals surface area contributed by atoms with E-state index in [1.54, 1.807) is 0 Å². The van der Waals surface area contributed by atoms with Crippen molar-refractivity contribution < 1.29 is 13.3 Å². The van der Waals surface area contributed by atoms with E-state index in [0.29, 0.717) is 18.0 Å². The molecule has 0 radical (unpaired) electrons. The highest BCUT2D eigenvalue weighted by atomic mass is 32.2. The number of nitrogens with one attached hydrogen (secondary N) is 2. The first-order valence-corrected chi connectivity index (χ1v) is 9.15. The van der Waals surface area contributed by atoms with Gasteiger partial charge in [-0.15, -0.1) is 0 Å². The van der Waals surface area contributed by atoms with E-state index in [1.165, 1.54) is 30.7 Å². The van der Waals surface area contributed by atoms with Crippen LogP contribution in [0.3, 0.4) is 0 Å². The third-order valence-electron chi connectivity index (χ3n) is 4.18. The lowest BCUT2D eigenvalue weighted by molar-refractivity contribution is -0.384. The number of hydrogen-bond acceptors (Lipinski definition) is 5. The largest absolute Gasteiger partial charge is 0.313 e. The first-order chi connectivity index (χ1) is 10.7. The summed E-state index contributed by atoms with van der Waals surface area (Å²) in [6, 6.07) is 5.30. The van der Waals surface area contributed by atoms with Gasteiger partial charge in [-0.1, -0.05) is 13.8 Å². The molecule has 1 atom stereocenters. The van der Waals surface area contributed by atoms with Crippen LogP contribution in [0.2, 0.25) is 0 Å². The summed E-state index contributed by atoms with van der Waals surface area (Å²) in [5.41, 5.74) is 0.227. The van der Waals surface area contributed by atoms with Crippen molar-refractivity contribution >= 4 is 15.7 Å². The third kappa shape index (κ3) is 4.98. The quantitative estimate of drug-likeness (QED) is 0.449. The highest BCUT2D eigenvalue weighted by Crippen LogP contribution is 2.36. The monoisotopic (exact) mass is 341 g/mol. The summed E-state index contributed by atoms with van der Waals surface area (Å²) in [5, 5.41) is 13.9. The number of benzene rings is 1. The number of nitro benzene ring substituents is 1. The zero-order valence-corrected chi connectivity index (χ0v) is 14.2. The fraction of sp³-hybridized carbons (Fsp3) is 0.600. The van der Waals surface area contributed by atoms with Crippen molar-refractivity contribution in [3.63, 3.8) is 0 Å². The van der Waals surface area contributed by atoms with Crippen molar-refractivity contribution in [2.24, 2.45) is 5.41 Å². The number of sulfonamides is 1. The van der Waals surface area contributed by atoms with Gasteiger partial charge in [0.25, 0.3) is 5.69 Å². The van der Waals surface area contributed by atoms with E-state index in [2.05, 4.69) is 23.9 Å². The Morgan fingerprint density at radius 1 is 1.26 bits per heavy atom. The summed E-state index contributed by atoms with van der Waals surface area (Å²) in [6.45, 7) is 5.33. The first-order valence-electron chi connectivity index (χ1n) is 7.67. The summed E-state index contributed by atoms with van der Waals surface area (Å²) < 4.78 is 26.7. The van der Waals surface area contributed by atoms with Gasteiger partial charge in [-0.25, -0.2) is 13.1 Å². The molecule has 8 heteroatoms. The van der Waals surface area contributed by atoms with E-state index in [0.717, 1.165) is 12.8 Å². The third-order valence-corrected chi connectivity index (χ3v) is 5.65. The first kappa shape index (κ1) is 17.8. The van der Waals surface area contributed by atoms with Gasteiger partial charge in [0.2, 0.25) is 10.0 Å². The van der Waals surface area contributed by atoms with Crippen molar-refractivity contribution in [3.8, 4) is 0 Å². The molecule has 1 saturated carbocycles. The Labute approximate surface area is 136 Å². The van der Waals surface area contributed by atoms with Crippen LogP contribution in [0.15, 0.2) is 29.2 Å². The van der Waals surface area contributed by atoms with Crippen LogP contribution in [0.4, 0.5) is 5.69 Å². The number of nitro groups is 1. The number of rotatable bonds is 7. The lowest BCUT2D eigenvalue weighted by atomic mass is 9.92. The van der Waals surface area contributed by atoms with E-state index in [4.69, 9.17) is 0 Å². The van der Waals surface area contributed by atoms with E-state index in [1.807, 2.05) is 0 Å². The lowest BCUT2D eigenvalue weighted by Crippen LogP contribution is -2.36. The maximum Gasteiger partial charge on any atom is 0.269 e. The number of nitrogens with zero attached hydrogens (tertiary/aromatic N) is 1. The van der Waals surface area contributed by atoms with E-state index in [-0.39, 0.29) is 17.1 Å². The zero-order chi connectivity index (χ0) is 17.1. The van der Waals surface area contributed by atoms with Gasteiger partial charge in [-0.3, -0.25) is 10.1 Å². The van der Waals surface area contributed by atoms with Crippen LogP contribution in [-0.4, -0.2) is 32.5 Å². The molecule has 1 aromatic rings. The standard InChI is InChI=1S/C15H23N3O4S/c1-15(2)8-7-12(11-15)16-9-10-17-23(21,22)14-5-3-13(4-6-14)18(19)20/h3-6,12,16-17H,7-11H2,1-2H3/t12-/m1/s1. The van der Waals surface area contributed by atoms with Crippen molar-refractivity contribution in [1.82, 2.24) is 10.0 Å². The number of hydrogen-bond donors (Lipinski definition) is 2. The minimum atomic E-state index is -3.63. The molecule has 2 rings (SSSR count). The Kier molecular flexibility index (Phi) is 5.38. The topological polar surface area (TPSA) is 101 Å². The minimum Gasteiger partial charge on any atom is -0.313 e. The Balaban J connectivity index is 1.81. The van der Waals surface area contributed by atoms with Crippen LogP contribution in [-0.2, 0) is 10.0 Å². The second-order valence-electron chi connectivity index (χ2n) is 6.71. The van der Waals surface area contributed by atoms with Gasteiger partial charge in [0.1, 0.15) is 0 Å². The lowest BCUT2D eigenvalue weighted by Gasteiger charge is -2.18. The van der Waals surface area contributed by atoms with Crippen molar-refractivity contribution in [2.45, 2.75) is 44.0 Å². The fourth-order valence-electron chi connectivity index (χ4n) is 2.90. The van der Waals surface area contributed by atoms with Crippen LogP contribution in [0, 0.1) is 15.5 Å². The van der Waals surface area contributed by atoms with Crippen LogP contribution < -0.4 is 10.0 Å². The van der Waals surface area contributed by atoms with Crippen molar-refractivity contribution in [1.29, 1.82) is 0 Å². The van der Waals surface area contributed by atoms with Gasteiger partial charge in [0.15, 0.2) is 0 Å². The van der Waals surface area contributed by atoms with Gasteiger partial charge >= 0.3 is 0 Å². The van der Waals surface area contributed by atoms with Gasteiger partial charge in [0.05, 0.1) is 9.82 Å². The maximum absolute atomic E-state index is 12.1. The Morgan fingerprint density at radius 3 is 2.43 bits per heavy atom. The summed E-state index contributed by atoms with van der Waals surface area (Å²) in [7, 11) is -3.63. The minimum absolute atomic E-state index is 0.0325. The molecule has 0 saturated heterocycles. The number of non-ortho nitro benzene ring substituents is 1. The molecule has 0 unspecified atom stereocenters. The average molecular weight is 341 g/mol. The Bertz CT molecular complexity index is 656. The average Bonchev–Trinajstić information content (AvgIpc) is 2.83. The zero-order valence-electron chi connectivity index (χ0n) is 13.4. The van der Waals surface area contributed by atoms with Gasteiger partial charge < -0.3 is 5.32 Å². The van der Waals surface area contributed by atoms with E-state index < -0.39 is 14.9 Å². The molecule has 2 N–H and O–H groups in total.